The van der Waals surface area contributed by atoms with Crippen molar-refractivity contribution in [3.05, 3.63) is 22.7 Å². The summed E-state index contributed by atoms with van der Waals surface area (Å²) in [6.45, 7) is 2.76. The van der Waals surface area contributed by atoms with E-state index in [0.29, 0.717) is 34.9 Å². The molecule has 6 heteroatoms. The molecule has 2 unspecified atom stereocenters. The maximum Gasteiger partial charge on any atom is 0.179 e. The summed E-state index contributed by atoms with van der Waals surface area (Å²) in [5.74, 6) is 1.88. The van der Waals surface area contributed by atoms with E-state index in [2.05, 4.69) is 12.2 Å². The Morgan fingerprint density at radius 3 is 2.60 bits per heavy atom. The van der Waals surface area contributed by atoms with Crippen LogP contribution in [0.25, 0.3) is 0 Å². The standard InChI is InChI=1S/C14H22ClNO3S/c1-10(5-6-20(4)17)16-9-11-7-12(15)14(19-3)13(8-11)18-2/h7-8,10,16H,5-6,9H2,1-4H3. The second-order valence-corrected chi connectivity index (χ2v) is 6.62. The molecule has 0 spiro atoms. The zero-order chi connectivity index (χ0) is 15.1. The van der Waals surface area contributed by atoms with Crippen molar-refractivity contribution in [2.24, 2.45) is 0 Å². The van der Waals surface area contributed by atoms with Gasteiger partial charge in [-0.25, -0.2) is 0 Å². The van der Waals surface area contributed by atoms with Gasteiger partial charge in [-0.1, -0.05) is 11.6 Å². The van der Waals surface area contributed by atoms with Crippen molar-refractivity contribution in [3.63, 3.8) is 0 Å². The van der Waals surface area contributed by atoms with Crippen LogP contribution in [-0.4, -0.2) is 36.5 Å². The number of nitrogens with one attached hydrogen (secondary N) is 1. The Labute approximate surface area is 128 Å². The molecule has 0 heterocycles. The minimum Gasteiger partial charge on any atom is -0.493 e. The Morgan fingerprint density at radius 1 is 1.35 bits per heavy atom. The molecule has 4 nitrogen and oxygen atoms in total. The van der Waals surface area contributed by atoms with Gasteiger partial charge in [0.25, 0.3) is 0 Å². The van der Waals surface area contributed by atoms with Crippen LogP contribution in [0.3, 0.4) is 0 Å². The monoisotopic (exact) mass is 319 g/mol. The molecule has 1 aromatic rings. The quantitative estimate of drug-likeness (QED) is 0.800. The molecule has 0 bridgehead atoms. The van der Waals surface area contributed by atoms with Gasteiger partial charge in [-0.15, -0.1) is 0 Å². The van der Waals surface area contributed by atoms with E-state index in [0.717, 1.165) is 12.0 Å². The van der Waals surface area contributed by atoms with E-state index in [4.69, 9.17) is 21.1 Å². The zero-order valence-corrected chi connectivity index (χ0v) is 13.9. The predicted molar refractivity (Wildman–Crippen MR) is 84.4 cm³/mol. The molecule has 1 rings (SSSR count). The van der Waals surface area contributed by atoms with Crippen LogP contribution in [0, 0.1) is 0 Å². The molecule has 0 saturated carbocycles. The largest absolute Gasteiger partial charge is 0.493 e. The third-order valence-corrected chi connectivity index (χ3v) is 4.08. The van der Waals surface area contributed by atoms with Crippen LogP contribution in [0.2, 0.25) is 5.02 Å². The van der Waals surface area contributed by atoms with Crippen LogP contribution >= 0.6 is 11.6 Å². The number of halogens is 1. The van der Waals surface area contributed by atoms with Crippen LogP contribution in [-0.2, 0) is 17.3 Å². The lowest BCUT2D eigenvalue weighted by molar-refractivity contribution is 0.354. The van der Waals surface area contributed by atoms with Crippen molar-refractivity contribution in [2.75, 3.05) is 26.2 Å². The van der Waals surface area contributed by atoms with Crippen LogP contribution in [0.4, 0.5) is 0 Å². The minimum absolute atomic E-state index is 0.297. The summed E-state index contributed by atoms with van der Waals surface area (Å²) < 4.78 is 21.5. The summed E-state index contributed by atoms with van der Waals surface area (Å²) in [5.41, 5.74) is 1.03. The van der Waals surface area contributed by atoms with E-state index >= 15 is 0 Å². The van der Waals surface area contributed by atoms with E-state index in [1.165, 1.54) is 0 Å². The summed E-state index contributed by atoms with van der Waals surface area (Å²) in [6.07, 6.45) is 2.60. The molecule has 0 aliphatic heterocycles. The van der Waals surface area contributed by atoms with Crippen LogP contribution < -0.4 is 14.8 Å². The first-order valence-corrected chi connectivity index (χ1v) is 8.52. The first-order chi connectivity index (χ1) is 9.47. The van der Waals surface area contributed by atoms with Gasteiger partial charge < -0.3 is 14.8 Å². The Bertz CT molecular complexity index is 468. The van der Waals surface area contributed by atoms with E-state index in [1.807, 2.05) is 12.1 Å². The van der Waals surface area contributed by atoms with Crippen molar-refractivity contribution in [3.8, 4) is 11.5 Å². The SMILES string of the molecule is COc1cc(CNC(C)CCS(C)=O)cc(Cl)c1OC. The molecular weight excluding hydrogens is 298 g/mol. The number of hydrogen-bond donors (Lipinski definition) is 1. The second-order valence-electron chi connectivity index (χ2n) is 4.66. The first kappa shape index (κ1) is 17.3. The third-order valence-electron chi connectivity index (χ3n) is 2.99. The predicted octanol–water partition coefficient (Wildman–Crippen LogP) is 2.60. The zero-order valence-electron chi connectivity index (χ0n) is 12.4. The van der Waals surface area contributed by atoms with Gasteiger partial charge in [-0.2, -0.15) is 0 Å². The lowest BCUT2D eigenvalue weighted by Crippen LogP contribution is -2.27. The minimum atomic E-state index is -0.745. The molecule has 0 amide bonds. The molecule has 114 valence electrons. The molecule has 1 aromatic carbocycles. The van der Waals surface area contributed by atoms with Crippen molar-refractivity contribution >= 4 is 22.4 Å². The summed E-state index contributed by atoms with van der Waals surface area (Å²) >= 11 is 6.16. The summed E-state index contributed by atoms with van der Waals surface area (Å²) in [6, 6.07) is 4.06. The van der Waals surface area contributed by atoms with E-state index in [-0.39, 0.29) is 0 Å². The van der Waals surface area contributed by atoms with E-state index in [9.17, 15) is 4.21 Å². The third kappa shape index (κ3) is 5.31. The van der Waals surface area contributed by atoms with Crippen molar-refractivity contribution in [1.29, 1.82) is 0 Å². The van der Waals surface area contributed by atoms with Crippen LogP contribution in [0.1, 0.15) is 18.9 Å². The highest BCUT2D eigenvalue weighted by molar-refractivity contribution is 7.84. The molecule has 1 N–H and O–H groups in total. The fourth-order valence-electron chi connectivity index (χ4n) is 1.81. The molecule has 0 radical (unpaired) electrons. The van der Waals surface area contributed by atoms with Crippen LogP contribution in [0.5, 0.6) is 11.5 Å². The van der Waals surface area contributed by atoms with Crippen molar-refractivity contribution in [2.45, 2.75) is 25.9 Å². The van der Waals surface area contributed by atoms with Crippen LogP contribution in [0.15, 0.2) is 12.1 Å². The van der Waals surface area contributed by atoms with Gasteiger partial charge in [0.1, 0.15) is 0 Å². The number of methoxy groups -OCH3 is 2. The van der Waals surface area contributed by atoms with Gasteiger partial charge in [0, 0.05) is 35.4 Å². The Balaban J connectivity index is 2.64. The van der Waals surface area contributed by atoms with Crippen molar-refractivity contribution in [1.82, 2.24) is 5.32 Å². The lowest BCUT2D eigenvalue weighted by Gasteiger charge is -2.15. The average Bonchev–Trinajstić information content (AvgIpc) is 2.42. The topological polar surface area (TPSA) is 47.6 Å². The fourth-order valence-corrected chi connectivity index (χ4v) is 2.81. The highest BCUT2D eigenvalue weighted by Gasteiger charge is 2.11. The highest BCUT2D eigenvalue weighted by atomic mass is 35.5. The summed E-state index contributed by atoms with van der Waals surface area (Å²) in [7, 11) is 2.41. The van der Waals surface area contributed by atoms with E-state index in [1.54, 1.807) is 20.5 Å². The normalized spacial score (nSPS) is 13.8. The van der Waals surface area contributed by atoms with Gasteiger partial charge in [0.15, 0.2) is 11.5 Å². The maximum absolute atomic E-state index is 11.1. The molecule has 0 aliphatic rings. The number of benzene rings is 1. The Hall–Kier alpha value is -0.780. The van der Waals surface area contributed by atoms with Gasteiger partial charge in [-0.3, -0.25) is 4.21 Å². The number of rotatable bonds is 8. The Morgan fingerprint density at radius 2 is 2.05 bits per heavy atom. The van der Waals surface area contributed by atoms with E-state index < -0.39 is 10.8 Å². The lowest BCUT2D eigenvalue weighted by atomic mass is 10.1. The summed E-state index contributed by atoms with van der Waals surface area (Å²) in [5, 5.41) is 3.91. The molecule has 0 aromatic heterocycles. The number of hydrogen-bond acceptors (Lipinski definition) is 4. The van der Waals surface area contributed by atoms with Gasteiger partial charge in [0.2, 0.25) is 0 Å². The van der Waals surface area contributed by atoms with Gasteiger partial charge in [-0.05, 0) is 31.0 Å². The van der Waals surface area contributed by atoms with Gasteiger partial charge >= 0.3 is 0 Å². The molecule has 2 atom stereocenters. The average molecular weight is 320 g/mol. The van der Waals surface area contributed by atoms with Gasteiger partial charge in [0.05, 0.1) is 19.2 Å². The smallest absolute Gasteiger partial charge is 0.179 e. The molecule has 0 aliphatic carbocycles. The molecular formula is C14H22ClNO3S. The second kappa shape index (κ2) is 8.49. The highest BCUT2D eigenvalue weighted by Crippen LogP contribution is 2.35. The van der Waals surface area contributed by atoms with Crippen molar-refractivity contribution < 1.29 is 13.7 Å². The summed E-state index contributed by atoms with van der Waals surface area (Å²) in [4.78, 5) is 0. The molecule has 0 saturated heterocycles. The fraction of sp³-hybridized carbons (Fsp3) is 0.571. The molecule has 0 fully saturated rings. The first-order valence-electron chi connectivity index (χ1n) is 6.41. The maximum atomic E-state index is 11.1. The Kier molecular flexibility index (Phi) is 7.34. The number of ether oxygens (including phenoxy) is 2. The molecule has 20 heavy (non-hydrogen) atoms.